The molecule has 0 N–H and O–H groups in total. The molecule has 0 radical (unpaired) electrons. The van der Waals surface area contributed by atoms with Crippen molar-refractivity contribution < 1.29 is 9.53 Å². The van der Waals surface area contributed by atoms with E-state index in [2.05, 4.69) is 14.8 Å². The lowest BCUT2D eigenvalue weighted by atomic mass is 10.2. The molecule has 0 aromatic carbocycles. The number of esters is 1. The van der Waals surface area contributed by atoms with Crippen LogP contribution in [0.25, 0.3) is 0 Å². The number of methoxy groups -OCH3 is 1. The maximum atomic E-state index is 11.6. The Morgan fingerprint density at radius 2 is 2.15 bits per heavy atom. The fourth-order valence-corrected chi connectivity index (χ4v) is 4.20. The molecule has 1 atom stereocenters. The first kappa shape index (κ1) is 14.1. The largest absolute Gasteiger partial charge is 0.465 e. The predicted molar refractivity (Wildman–Crippen MR) is 79.9 cm³/mol. The lowest BCUT2D eigenvalue weighted by molar-refractivity contribution is 0.0606. The van der Waals surface area contributed by atoms with Crippen molar-refractivity contribution in [1.29, 1.82) is 0 Å². The zero-order valence-electron chi connectivity index (χ0n) is 11.5. The summed E-state index contributed by atoms with van der Waals surface area (Å²) in [6, 6.07) is 0.613. The summed E-state index contributed by atoms with van der Waals surface area (Å²) >= 11 is 7.35. The van der Waals surface area contributed by atoms with Crippen LogP contribution in [0.2, 0.25) is 5.15 Å². The Bertz CT molecular complexity index is 502. The van der Waals surface area contributed by atoms with Gasteiger partial charge in [0.25, 0.3) is 0 Å². The molecule has 1 unspecified atom stereocenters. The molecule has 3 heterocycles. The van der Waals surface area contributed by atoms with Gasteiger partial charge in [0.1, 0.15) is 0 Å². The summed E-state index contributed by atoms with van der Waals surface area (Å²) in [6.45, 7) is 4.38. The number of aromatic nitrogens is 1. The molecule has 0 spiro atoms. The molecule has 20 heavy (non-hydrogen) atoms. The maximum absolute atomic E-state index is 11.6. The van der Waals surface area contributed by atoms with Gasteiger partial charge in [-0.2, -0.15) is 0 Å². The van der Waals surface area contributed by atoms with Gasteiger partial charge in [0, 0.05) is 19.1 Å². The number of hydrogen-bond donors (Lipinski definition) is 0. The van der Waals surface area contributed by atoms with E-state index < -0.39 is 5.97 Å². The van der Waals surface area contributed by atoms with Gasteiger partial charge in [0.15, 0.2) is 15.2 Å². The van der Waals surface area contributed by atoms with Crippen molar-refractivity contribution in [3.05, 3.63) is 10.0 Å². The first-order chi connectivity index (χ1) is 9.69. The van der Waals surface area contributed by atoms with Crippen molar-refractivity contribution in [2.75, 3.05) is 38.2 Å². The van der Waals surface area contributed by atoms with Gasteiger partial charge in [0.2, 0.25) is 0 Å². The van der Waals surface area contributed by atoms with Crippen molar-refractivity contribution in [3.63, 3.8) is 0 Å². The number of carbonyl (C=O) groups excluding carboxylic acids is 1. The van der Waals surface area contributed by atoms with Crippen LogP contribution < -0.4 is 4.90 Å². The van der Waals surface area contributed by atoms with Crippen LogP contribution in [0.4, 0.5) is 5.13 Å². The van der Waals surface area contributed by atoms with E-state index in [1.807, 2.05) is 0 Å². The standard InChI is InChI=1S/C13H18ClN3O2S/c1-19-12(18)10-11(14)15-13(20-10)17-7-4-9(8-17)16-5-2-3-6-16/h9H,2-8H2,1H3. The molecular formula is C13H18ClN3O2S. The minimum Gasteiger partial charge on any atom is -0.465 e. The number of carbonyl (C=O) groups is 1. The van der Waals surface area contributed by atoms with Crippen LogP contribution in [0.15, 0.2) is 0 Å². The van der Waals surface area contributed by atoms with E-state index in [4.69, 9.17) is 16.3 Å². The van der Waals surface area contributed by atoms with Gasteiger partial charge >= 0.3 is 5.97 Å². The van der Waals surface area contributed by atoms with Gasteiger partial charge in [-0.15, -0.1) is 0 Å². The lowest BCUT2D eigenvalue weighted by Gasteiger charge is -2.23. The highest BCUT2D eigenvalue weighted by molar-refractivity contribution is 7.18. The quantitative estimate of drug-likeness (QED) is 0.801. The summed E-state index contributed by atoms with van der Waals surface area (Å²) in [5.74, 6) is -0.408. The van der Waals surface area contributed by atoms with Crippen LogP contribution in [0.5, 0.6) is 0 Å². The van der Waals surface area contributed by atoms with Crippen molar-refractivity contribution in [3.8, 4) is 0 Å². The van der Waals surface area contributed by atoms with Crippen LogP contribution in [-0.2, 0) is 4.74 Å². The third kappa shape index (κ3) is 2.64. The Balaban J connectivity index is 1.69. The molecule has 0 bridgehead atoms. The molecule has 3 rings (SSSR count). The summed E-state index contributed by atoms with van der Waals surface area (Å²) in [4.78, 5) is 21.1. The summed E-state index contributed by atoms with van der Waals surface area (Å²) in [6.07, 6.45) is 3.78. The van der Waals surface area contributed by atoms with Crippen molar-refractivity contribution >= 4 is 34.0 Å². The second kappa shape index (κ2) is 5.87. The first-order valence-electron chi connectivity index (χ1n) is 6.92. The third-order valence-corrected chi connectivity index (χ3v) is 5.52. The highest BCUT2D eigenvalue weighted by Crippen LogP contribution is 2.33. The van der Waals surface area contributed by atoms with Crippen LogP contribution in [0.1, 0.15) is 28.9 Å². The molecule has 2 fully saturated rings. The normalized spacial score (nSPS) is 23.5. The van der Waals surface area contributed by atoms with Crippen LogP contribution in [-0.4, -0.2) is 55.2 Å². The lowest BCUT2D eigenvalue weighted by Crippen LogP contribution is -2.35. The van der Waals surface area contributed by atoms with E-state index in [0.29, 0.717) is 10.9 Å². The molecule has 5 nitrogen and oxygen atoms in total. The average Bonchev–Trinajstić information content (AvgIpc) is 3.16. The number of nitrogens with zero attached hydrogens (tertiary/aromatic N) is 3. The van der Waals surface area contributed by atoms with E-state index >= 15 is 0 Å². The minimum atomic E-state index is -0.408. The van der Waals surface area contributed by atoms with Gasteiger partial charge in [-0.25, -0.2) is 9.78 Å². The molecule has 2 saturated heterocycles. The first-order valence-corrected chi connectivity index (χ1v) is 8.12. The highest BCUT2D eigenvalue weighted by Gasteiger charge is 2.31. The number of thiazole rings is 1. The highest BCUT2D eigenvalue weighted by atomic mass is 35.5. The second-order valence-electron chi connectivity index (χ2n) is 5.24. The molecule has 1 aromatic heterocycles. The molecular weight excluding hydrogens is 298 g/mol. The molecule has 2 aliphatic heterocycles. The number of hydrogen-bond acceptors (Lipinski definition) is 6. The molecule has 110 valence electrons. The topological polar surface area (TPSA) is 45.7 Å². The molecule has 1 aromatic rings. The molecule has 0 amide bonds. The maximum Gasteiger partial charge on any atom is 0.351 e. The number of likely N-dealkylation sites (tertiary alicyclic amines) is 1. The predicted octanol–water partition coefficient (Wildman–Crippen LogP) is 2.26. The number of rotatable bonds is 3. The summed E-state index contributed by atoms with van der Waals surface area (Å²) in [7, 11) is 1.36. The monoisotopic (exact) mass is 315 g/mol. The average molecular weight is 316 g/mol. The van der Waals surface area contributed by atoms with E-state index in [-0.39, 0.29) is 5.15 Å². The van der Waals surface area contributed by atoms with Gasteiger partial charge < -0.3 is 9.64 Å². The second-order valence-corrected chi connectivity index (χ2v) is 6.58. The summed E-state index contributed by atoms with van der Waals surface area (Å²) in [5, 5.41) is 1.08. The Kier molecular flexibility index (Phi) is 4.14. The fourth-order valence-electron chi connectivity index (χ4n) is 2.97. The zero-order valence-corrected chi connectivity index (χ0v) is 13.0. The number of ether oxygens (including phenoxy) is 1. The third-order valence-electron chi connectivity index (χ3n) is 4.04. The SMILES string of the molecule is COC(=O)c1sc(N2CCC(N3CCCC3)C2)nc1Cl. The van der Waals surface area contributed by atoms with E-state index in [0.717, 1.165) is 24.6 Å². The number of halogens is 1. The molecule has 2 aliphatic rings. The molecule has 7 heteroatoms. The van der Waals surface area contributed by atoms with Crippen molar-refractivity contribution in [2.24, 2.45) is 0 Å². The van der Waals surface area contributed by atoms with Crippen LogP contribution in [0.3, 0.4) is 0 Å². The van der Waals surface area contributed by atoms with E-state index in [1.165, 1.54) is 44.4 Å². The van der Waals surface area contributed by atoms with Crippen molar-refractivity contribution in [1.82, 2.24) is 9.88 Å². The van der Waals surface area contributed by atoms with Crippen LogP contribution in [0, 0.1) is 0 Å². The fraction of sp³-hybridized carbons (Fsp3) is 0.692. The Labute approximate surface area is 127 Å². The Hall–Kier alpha value is -0.850. The molecule has 0 saturated carbocycles. The van der Waals surface area contributed by atoms with Crippen LogP contribution >= 0.6 is 22.9 Å². The number of anilines is 1. The van der Waals surface area contributed by atoms with Crippen molar-refractivity contribution in [2.45, 2.75) is 25.3 Å². The summed E-state index contributed by atoms with van der Waals surface area (Å²) < 4.78 is 4.72. The Morgan fingerprint density at radius 1 is 1.40 bits per heavy atom. The van der Waals surface area contributed by atoms with Gasteiger partial charge in [-0.3, -0.25) is 4.90 Å². The minimum absolute atomic E-state index is 0.251. The van der Waals surface area contributed by atoms with E-state index in [1.54, 1.807) is 0 Å². The summed E-state index contributed by atoms with van der Waals surface area (Å²) in [5.41, 5.74) is 0. The van der Waals surface area contributed by atoms with E-state index in [9.17, 15) is 4.79 Å². The van der Waals surface area contributed by atoms with Gasteiger partial charge in [-0.1, -0.05) is 22.9 Å². The van der Waals surface area contributed by atoms with Gasteiger partial charge in [0.05, 0.1) is 7.11 Å². The molecule has 0 aliphatic carbocycles. The van der Waals surface area contributed by atoms with Gasteiger partial charge in [-0.05, 0) is 32.4 Å². The Morgan fingerprint density at radius 3 is 2.85 bits per heavy atom. The smallest absolute Gasteiger partial charge is 0.351 e. The zero-order chi connectivity index (χ0) is 14.1.